The molecule has 0 amide bonds. The molecule has 0 atom stereocenters. The third kappa shape index (κ3) is 2.21. The molecule has 2 heterocycles. The molecule has 98 valence electrons. The first-order valence-electron chi connectivity index (χ1n) is 6.12. The first-order chi connectivity index (χ1) is 8.56. The van der Waals surface area contributed by atoms with E-state index in [0.29, 0.717) is 29.0 Å². The summed E-state index contributed by atoms with van der Waals surface area (Å²) >= 11 is 3.30. The summed E-state index contributed by atoms with van der Waals surface area (Å²) in [5.41, 5.74) is 0.0984. The molecule has 0 spiro atoms. The Morgan fingerprint density at radius 2 is 2.06 bits per heavy atom. The maximum Gasteiger partial charge on any atom is 0.332 e. The average Bonchev–Trinajstić information content (AvgIpc) is 2.73. The summed E-state index contributed by atoms with van der Waals surface area (Å²) in [6.07, 6.45) is 3.56. The van der Waals surface area contributed by atoms with E-state index in [4.69, 9.17) is 0 Å². The maximum absolute atomic E-state index is 12.1. The monoisotopic (exact) mass is 313 g/mol. The molecule has 0 N–H and O–H groups in total. The van der Waals surface area contributed by atoms with E-state index in [1.807, 2.05) is 0 Å². The van der Waals surface area contributed by atoms with Crippen LogP contribution in [0.15, 0.2) is 14.6 Å². The lowest BCUT2D eigenvalue weighted by Crippen LogP contribution is -2.39. The van der Waals surface area contributed by atoms with E-state index in [9.17, 15) is 9.59 Å². The highest BCUT2D eigenvalue weighted by atomic mass is 79.9. The van der Waals surface area contributed by atoms with Crippen molar-refractivity contribution in [3.8, 4) is 0 Å². The van der Waals surface area contributed by atoms with E-state index in [0.717, 1.165) is 19.3 Å². The Morgan fingerprint density at radius 3 is 2.72 bits per heavy atom. The van der Waals surface area contributed by atoms with Crippen molar-refractivity contribution in [1.82, 2.24) is 9.13 Å². The van der Waals surface area contributed by atoms with Crippen molar-refractivity contribution in [1.29, 1.82) is 0 Å². The number of fused-ring (bicyclic) bond motifs is 1. The van der Waals surface area contributed by atoms with Gasteiger partial charge in [0.15, 0.2) is 0 Å². The number of hydrogen-bond donors (Lipinski definition) is 0. The number of halogens is 1. The van der Waals surface area contributed by atoms with E-state index in [1.54, 1.807) is 4.57 Å². The van der Waals surface area contributed by atoms with Gasteiger partial charge >= 0.3 is 5.69 Å². The van der Waals surface area contributed by atoms with Gasteiger partial charge < -0.3 is 0 Å². The van der Waals surface area contributed by atoms with Crippen LogP contribution in [0.5, 0.6) is 0 Å². The van der Waals surface area contributed by atoms with Gasteiger partial charge in [-0.2, -0.15) is 0 Å². The Balaban J connectivity index is 2.51. The Hall–Kier alpha value is -1.17. The Bertz CT molecular complexity index is 613. The van der Waals surface area contributed by atoms with Gasteiger partial charge in [0.2, 0.25) is 0 Å². The summed E-state index contributed by atoms with van der Waals surface area (Å²) < 4.78 is 3.50. The fourth-order valence-corrected chi connectivity index (χ4v) is 2.57. The van der Waals surface area contributed by atoms with Crippen LogP contribution in [0.4, 0.5) is 5.82 Å². The van der Waals surface area contributed by atoms with Crippen molar-refractivity contribution in [2.24, 2.45) is 12.0 Å². The molecule has 1 aromatic heterocycles. The maximum atomic E-state index is 12.1. The summed E-state index contributed by atoms with van der Waals surface area (Å²) in [4.78, 5) is 28.3. The number of aliphatic imine (C=N–C) groups is 1. The van der Waals surface area contributed by atoms with Gasteiger partial charge in [0, 0.05) is 20.0 Å². The molecule has 0 aliphatic carbocycles. The quantitative estimate of drug-likeness (QED) is 0.795. The molecule has 1 aliphatic heterocycles. The van der Waals surface area contributed by atoms with Gasteiger partial charge in [-0.15, -0.1) is 0 Å². The largest absolute Gasteiger partial charge is 0.332 e. The minimum Gasteiger partial charge on any atom is -0.278 e. The number of rotatable bonds is 4. The van der Waals surface area contributed by atoms with Crippen LogP contribution < -0.4 is 11.2 Å². The molecule has 0 saturated carbocycles. The number of unbranched alkanes of at least 4 members (excludes halogenated alkanes) is 2. The van der Waals surface area contributed by atoms with Crippen molar-refractivity contribution in [2.75, 3.05) is 0 Å². The van der Waals surface area contributed by atoms with Gasteiger partial charge in [-0.05, 0) is 22.4 Å². The summed E-state index contributed by atoms with van der Waals surface area (Å²) in [5, 5.41) is 0. The molecule has 5 nitrogen and oxygen atoms in total. The van der Waals surface area contributed by atoms with E-state index in [-0.39, 0.29) is 11.2 Å². The predicted molar refractivity (Wildman–Crippen MR) is 75.2 cm³/mol. The molecular weight excluding hydrogens is 298 g/mol. The molecule has 0 aromatic carbocycles. The molecule has 1 aromatic rings. The molecule has 0 saturated heterocycles. The van der Waals surface area contributed by atoms with E-state index < -0.39 is 0 Å². The fraction of sp³-hybridized carbons (Fsp3) is 0.583. The van der Waals surface area contributed by atoms with Gasteiger partial charge in [-0.1, -0.05) is 19.8 Å². The highest BCUT2D eigenvalue weighted by molar-refractivity contribution is 9.18. The Morgan fingerprint density at radius 1 is 1.33 bits per heavy atom. The molecule has 1 aliphatic rings. The van der Waals surface area contributed by atoms with Gasteiger partial charge in [0.25, 0.3) is 5.56 Å². The second kappa shape index (κ2) is 5.22. The molecule has 18 heavy (non-hydrogen) atoms. The second-order valence-electron chi connectivity index (χ2n) is 4.47. The summed E-state index contributed by atoms with van der Waals surface area (Å²) in [6, 6.07) is 0. The van der Waals surface area contributed by atoms with Crippen molar-refractivity contribution < 1.29 is 0 Å². The standard InChI is InChI=1S/C12H16BrN3O2/c1-3-4-5-6-16-10-8(7-9(13)14-10)11(17)15(2)12(16)18/h3-7H2,1-2H3. The van der Waals surface area contributed by atoms with Crippen LogP contribution in [-0.2, 0) is 20.0 Å². The third-order valence-electron chi connectivity index (χ3n) is 3.14. The zero-order valence-electron chi connectivity index (χ0n) is 10.6. The molecular formula is C12H16BrN3O2. The average molecular weight is 314 g/mol. The SMILES string of the molecule is CCCCCn1c2c(c(=O)n(C)c1=O)CC(Br)=N2. The molecule has 0 fully saturated rings. The zero-order valence-corrected chi connectivity index (χ0v) is 12.2. The van der Waals surface area contributed by atoms with Crippen LogP contribution >= 0.6 is 15.9 Å². The summed E-state index contributed by atoms with van der Waals surface area (Å²) in [6.45, 7) is 2.73. The molecule has 6 heteroatoms. The Labute approximate surface area is 113 Å². The van der Waals surface area contributed by atoms with Crippen molar-refractivity contribution in [3.63, 3.8) is 0 Å². The molecule has 0 bridgehead atoms. The van der Waals surface area contributed by atoms with Crippen molar-refractivity contribution >= 4 is 26.4 Å². The minimum atomic E-state index is -0.277. The van der Waals surface area contributed by atoms with Crippen LogP contribution in [0.2, 0.25) is 0 Å². The van der Waals surface area contributed by atoms with E-state index >= 15 is 0 Å². The van der Waals surface area contributed by atoms with Crippen LogP contribution in [0.3, 0.4) is 0 Å². The fourth-order valence-electron chi connectivity index (χ4n) is 2.12. The zero-order chi connectivity index (χ0) is 13.3. The van der Waals surface area contributed by atoms with Crippen LogP contribution in [0, 0.1) is 0 Å². The lowest BCUT2D eigenvalue weighted by atomic mass is 10.2. The van der Waals surface area contributed by atoms with Gasteiger partial charge in [0.1, 0.15) is 5.82 Å². The number of hydrogen-bond acceptors (Lipinski definition) is 3. The van der Waals surface area contributed by atoms with Gasteiger partial charge in [-0.3, -0.25) is 13.9 Å². The van der Waals surface area contributed by atoms with Crippen molar-refractivity contribution in [2.45, 2.75) is 39.2 Å². The van der Waals surface area contributed by atoms with Gasteiger partial charge in [0.05, 0.1) is 10.2 Å². The van der Waals surface area contributed by atoms with E-state index in [2.05, 4.69) is 27.8 Å². The number of aromatic nitrogens is 2. The molecule has 2 rings (SSSR count). The van der Waals surface area contributed by atoms with Crippen LogP contribution in [0.25, 0.3) is 0 Å². The Kier molecular flexibility index (Phi) is 3.85. The van der Waals surface area contributed by atoms with Crippen LogP contribution in [0.1, 0.15) is 31.7 Å². The lowest BCUT2D eigenvalue weighted by Gasteiger charge is -2.11. The lowest BCUT2D eigenvalue weighted by molar-refractivity contribution is 0.553. The van der Waals surface area contributed by atoms with Gasteiger partial charge in [-0.25, -0.2) is 9.79 Å². The second-order valence-corrected chi connectivity index (χ2v) is 5.39. The summed E-state index contributed by atoms with van der Waals surface area (Å²) in [5.74, 6) is 0.533. The first kappa shape index (κ1) is 13.3. The molecule has 0 radical (unpaired) electrons. The summed E-state index contributed by atoms with van der Waals surface area (Å²) in [7, 11) is 1.52. The first-order valence-corrected chi connectivity index (χ1v) is 6.91. The minimum absolute atomic E-state index is 0.236. The third-order valence-corrected chi connectivity index (χ3v) is 3.60. The van der Waals surface area contributed by atoms with Crippen molar-refractivity contribution in [3.05, 3.63) is 26.4 Å². The highest BCUT2D eigenvalue weighted by Gasteiger charge is 2.22. The van der Waals surface area contributed by atoms with Crippen LogP contribution in [-0.4, -0.2) is 13.8 Å². The molecule has 0 unspecified atom stereocenters. The highest BCUT2D eigenvalue weighted by Crippen LogP contribution is 2.24. The predicted octanol–water partition coefficient (Wildman–Crippen LogP) is 1.72. The smallest absolute Gasteiger partial charge is 0.278 e. The topological polar surface area (TPSA) is 56.4 Å². The van der Waals surface area contributed by atoms with E-state index in [1.165, 1.54) is 11.6 Å². The number of nitrogens with zero attached hydrogens (tertiary/aromatic N) is 3. The normalized spacial score (nSPS) is 13.6.